The van der Waals surface area contributed by atoms with Gasteiger partial charge in [-0.2, -0.15) is 0 Å². The molecule has 0 unspecified atom stereocenters. The Bertz CT molecular complexity index is 827. The second-order valence-corrected chi connectivity index (χ2v) is 10.5. The highest BCUT2D eigenvalue weighted by Gasteiger charge is 2.33. The third-order valence-corrected chi connectivity index (χ3v) is 7.86. The summed E-state index contributed by atoms with van der Waals surface area (Å²) in [5.41, 5.74) is 0.312. The number of aromatic amines is 1. The number of aromatic nitrogens is 2. The summed E-state index contributed by atoms with van der Waals surface area (Å²) in [5.74, 6) is -0.431. The molecule has 1 saturated carbocycles. The van der Waals surface area contributed by atoms with Crippen LogP contribution in [0.4, 0.5) is 4.79 Å². The van der Waals surface area contributed by atoms with Crippen molar-refractivity contribution >= 4 is 35.5 Å². The molecular weight excluding hydrogens is 460 g/mol. The zero-order valence-electron chi connectivity index (χ0n) is 19.4. The van der Waals surface area contributed by atoms with Crippen LogP contribution in [-0.2, 0) is 9.47 Å². The van der Waals surface area contributed by atoms with E-state index in [1.54, 1.807) is 6.92 Å². The highest BCUT2D eigenvalue weighted by Crippen LogP contribution is 2.36. The number of ether oxygens (including phenoxy) is 2. The van der Waals surface area contributed by atoms with Gasteiger partial charge in [-0.25, -0.2) is 14.6 Å². The number of hydrogen-bond donors (Lipinski definition) is 2. The van der Waals surface area contributed by atoms with Gasteiger partial charge < -0.3 is 24.7 Å². The quantitative estimate of drug-likeness (QED) is 0.357. The molecule has 1 aromatic heterocycles. The van der Waals surface area contributed by atoms with Crippen molar-refractivity contribution in [1.29, 1.82) is 0 Å². The summed E-state index contributed by atoms with van der Waals surface area (Å²) in [5, 5.41) is 4.15. The molecule has 0 bridgehead atoms. The molecule has 1 aromatic rings. The van der Waals surface area contributed by atoms with Crippen LogP contribution in [0.5, 0.6) is 0 Å². The Morgan fingerprint density at radius 3 is 2.64 bits per heavy atom. The van der Waals surface area contributed by atoms with Crippen molar-refractivity contribution in [3.05, 3.63) is 33.8 Å². The van der Waals surface area contributed by atoms with Crippen molar-refractivity contribution in [3.8, 4) is 0 Å². The Morgan fingerprint density at radius 2 is 1.97 bits per heavy atom. The van der Waals surface area contributed by atoms with E-state index < -0.39 is 5.97 Å². The van der Waals surface area contributed by atoms with Gasteiger partial charge in [0.15, 0.2) is 5.16 Å². The highest BCUT2D eigenvalue weighted by molar-refractivity contribution is 8.23. The molecule has 2 fully saturated rings. The van der Waals surface area contributed by atoms with Crippen molar-refractivity contribution in [3.63, 3.8) is 0 Å². The number of hydrogen-bond acceptors (Lipinski definition) is 7. The maximum absolute atomic E-state index is 13.3. The summed E-state index contributed by atoms with van der Waals surface area (Å²) in [6.07, 6.45) is 10.8. The van der Waals surface area contributed by atoms with E-state index in [1.807, 2.05) is 13.0 Å². The topological polar surface area (TPSA) is 96.6 Å². The van der Waals surface area contributed by atoms with E-state index in [1.165, 1.54) is 49.0 Å². The number of thioether (sulfide) groups is 2. The van der Waals surface area contributed by atoms with Crippen LogP contribution in [0, 0.1) is 0 Å². The fraction of sp³-hybridized carbons (Fsp3) is 0.609. The van der Waals surface area contributed by atoms with Gasteiger partial charge in [-0.3, -0.25) is 0 Å². The van der Waals surface area contributed by atoms with Crippen LogP contribution in [0.15, 0.2) is 33.3 Å². The second kappa shape index (κ2) is 13.1. The molecule has 0 spiro atoms. The minimum absolute atomic E-state index is 0.0747. The van der Waals surface area contributed by atoms with Crippen LogP contribution in [0.25, 0.3) is 0 Å². The van der Waals surface area contributed by atoms with E-state index in [2.05, 4.69) is 26.8 Å². The lowest BCUT2D eigenvalue weighted by Gasteiger charge is -2.41. The third kappa shape index (κ3) is 7.55. The predicted molar refractivity (Wildman–Crippen MR) is 132 cm³/mol. The number of imidazole rings is 1. The smallest absolute Gasteiger partial charge is 0.356 e. The number of carbonyl (C=O) groups is 2. The monoisotopic (exact) mass is 494 g/mol. The zero-order chi connectivity index (χ0) is 23.6. The predicted octanol–water partition coefficient (Wildman–Crippen LogP) is 5.27. The molecule has 182 valence electrons. The van der Waals surface area contributed by atoms with Gasteiger partial charge in [-0.1, -0.05) is 43.7 Å². The molecule has 3 rings (SSSR count). The normalized spacial score (nSPS) is 18.1. The number of amides is 2. The summed E-state index contributed by atoms with van der Waals surface area (Å²) in [6, 6.07) is 0.411. The molecule has 0 atom stereocenters. The fourth-order valence-corrected chi connectivity index (χ4v) is 5.96. The van der Waals surface area contributed by atoms with E-state index >= 15 is 0 Å². The number of allylic oxidation sites excluding steroid dienone is 1. The maximum Gasteiger partial charge on any atom is 0.356 e. The zero-order valence-corrected chi connectivity index (χ0v) is 21.1. The van der Waals surface area contributed by atoms with Crippen molar-refractivity contribution in [1.82, 2.24) is 20.2 Å². The Morgan fingerprint density at radius 1 is 1.27 bits per heavy atom. The lowest BCUT2D eigenvalue weighted by molar-refractivity contribution is 0.0280. The number of H-pyrrole nitrogens is 1. The number of nitrogens with one attached hydrogen (secondary N) is 2. The van der Waals surface area contributed by atoms with Crippen LogP contribution >= 0.6 is 23.5 Å². The average molecular weight is 495 g/mol. The van der Waals surface area contributed by atoms with Crippen molar-refractivity contribution < 1.29 is 19.1 Å². The lowest BCUT2D eigenvalue weighted by atomic mass is 9.92. The van der Waals surface area contributed by atoms with Crippen molar-refractivity contribution in [2.45, 2.75) is 76.0 Å². The first-order valence-corrected chi connectivity index (χ1v) is 13.2. The molecule has 8 nitrogen and oxygen atoms in total. The molecule has 2 aliphatic rings. The van der Waals surface area contributed by atoms with Gasteiger partial charge in [0.25, 0.3) is 0 Å². The van der Waals surface area contributed by atoms with Gasteiger partial charge in [0.05, 0.1) is 22.1 Å². The molecule has 0 radical (unpaired) electrons. The van der Waals surface area contributed by atoms with E-state index in [4.69, 9.17) is 9.47 Å². The van der Waals surface area contributed by atoms with Gasteiger partial charge in [-0.15, -0.1) is 0 Å². The summed E-state index contributed by atoms with van der Waals surface area (Å²) < 4.78 is 11.4. The van der Waals surface area contributed by atoms with Crippen LogP contribution < -0.4 is 5.32 Å². The van der Waals surface area contributed by atoms with Gasteiger partial charge >= 0.3 is 12.0 Å². The SMILES string of the molecule is C=C(NC(=O)N(C1CCCCC1)C1CCOCC1)S/C(=C\C)Sc1ncc(C(=O)OCC)[nH]1. The lowest BCUT2D eigenvalue weighted by Crippen LogP contribution is -2.53. The average Bonchev–Trinajstić information content (AvgIpc) is 3.29. The minimum Gasteiger partial charge on any atom is -0.461 e. The van der Waals surface area contributed by atoms with Crippen molar-refractivity contribution in [2.24, 2.45) is 0 Å². The van der Waals surface area contributed by atoms with Crippen LogP contribution in [-0.4, -0.2) is 58.8 Å². The number of nitrogens with zero attached hydrogens (tertiary/aromatic N) is 2. The largest absolute Gasteiger partial charge is 0.461 e. The fourth-order valence-electron chi connectivity index (χ4n) is 4.18. The van der Waals surface area contributed by atoms with E-state index in [-0.39, 0.29) is 18.1 Å². The molecule has 33 heavy (non-hydrogen) atoms. The molecule has 2 N–H and O–H groups in total. The molecule has 1 saturated heterocycles. The van der Waals surface area contributed by atoms with E-state index in [0.717, 1.165) is 29.9 Å². The molecule has 1 aliphatic carbocycles. The first-order valence-electron chi connectivity index (χ1n) is 11.6. The Balaban J connectivity index is 1.58. The standard InChI is InChI=1S/C23H34N4O4S2/c1-4-20(33-22-24-15-19(26-22)21(28)31-5-2)32-16(3)25-23(29)27(17-9-7-6-8-10-17)18-11-13-30-14-12-18/h4,15,17-18H,3,5-14H2,1-2H3,(H,24,26)(H,25,29)/b20-4+. The number of carbonyl (C=O) groups excluding carboxylic acids is 2. The Kier molecular flexibility index (Phi) is 10.2. The number of rotatable bonds is 9. The number of urea groups is 1. The Labute approximate surface area is 204 Å². The molecule has 2 heterocycles. The van der Waals surface area contributed by atoms with Gasteiger partial charge in [0, 0.05) is 25.3 Å². The summed E-state index contributed by atoms with van der Waals surface area (Å²) >= 11 is 2.75. The van der Waals surface area contributed by atoms with E-state index in [9.17, 15) is 9.59 Å². The minimum atomic E-state index is -0.431. The van der Waals surface area contributed by atoms with Crippen LogP contribution in [0.2, 0.25) is 0 Å². The molecular formula is C23H34N4O4S2. The molecule has 0 aromatic carbocycles. The second-order valence-electron chi connectivity index (χ2n) is 8.03. The molecule has 1 aliphatic heterocycles. The first-order chi connectivity index (χ1) is 16.0. The highest BCUT2D eigenvalue weighted by atomic mass is 32.2. The van der Waals surface area contributed by atoms with E-state index in [0.29, 0.717) is 35.7 Å². The third-order valence-electron chi connectivity index (χ3n) is 5.74. The summed E-state index contributed by atoms with van der Waals surface area (Å²) in [4.78, 5) is 34.4. The maximum atomic E-state index is 13.3. The van der Waals surface area contributed by atoms with Gasteiger partial charge in [-0.05, 0) is 51.3 Å². The molecule has 2 amide bonds. The summed E-state index contributed by atoms with van der Waals surface area (Å²) in [6.45, 7) is 9.46. The number of esters is 1. The first kappa shape index (κ1) is 25.7. The van der Waals surface area contributed by atoms with Crippen LogP contribution in [0.3, 0.4) is 0 Å². The van der Waals surface area contributed by atoms with Gasteiger partial charge in [0.1, 0.15) is 5.69 Å². The Hall–Kier alpha value is -1.91. The van der Waals surface area contributed by atoms with Crippen molar-refractivity contribution in [2.75, 3.05) is 19.8 Å². The summed E-state index contributed by atoms with van der Waals surface area (Å²) in [7, 11) is 0. The molecule has 10 heteroatoms. The van der Waals surface area contributed by atoms with Gasteiger partial charge in [0.2, 0.25) is 0 Å². The van der Waals surface area contributed by atoms with Crippen LogP contribution in [0.1, 0.15) is 69.3 Å².